The molecular formula is C6H13N3O4S. The first-order valence-electron chi connectivity index (χ1n) is 4.13. The van der Waals surface area contributed by atoms with Crippen LogP contribution in [0.4, 0.5) is 0 Å². The second-order valence-corrected chi connectivity index (χ2v) is 4.56. The van der Waals surface area contributed by atoms with Crippen molar-refractivity contribution in [1.82, 2.24) is 9.03 Å². The van der Waals surface area contributed by atoms with Gasteiger partial charge in [-0.25, -0.2) is 0 Å². The molecule has 0 bridgehead atoms. The molecular weight excluding hydrogens is 210 g/mol. The van der Waals surface area contributed by atoms with E-state index in [1.54, 1.807) is 0 Å². The highest BCUT2D eigenvalue weighted by molar-refractivity contribution is 7.87. The molecule has 0 saturated carbocycles. The van der Waals surface area contributed by atoms with Crippen molar-refractivity contribution < 1.29 is 17.9 Å². The minimum atomic E-state index is -3.58. The van der Waals surface area contributed by atoms with Crippen molar-refractivity contribution in [2.75, 3.05) is 32.8 Å². The SMILES string of the molecule is NC(=O)CNS(=O)(=O)N1CCOCC1. The van der Waals surface area contributed by atoms with Crippen LogP contribution < -0.4 is 10.5 Å². The number of rotatable bonds is 4. The lowest BCUT2D eigenvalue weighted by atomic mass is 10.5. The zero-order valence-corrected chi connectivity index (χ0v) is 8.42. The highest BCUT2D eigenvalue weighted by Crippen LogP contribution is 2.01. The number of nitrogens with zero attached hydrogens (tertiary/aromatic N) is 1. The van der Waals surface area contributed by atoms with E-state index in [4.69, 9.17) is 10.5 Å². The van der Waals surface area contributed by atoms with Crippen molar-refractivity contribution in [2.24, 2.45) is 5.73 Å². The van der Waals surface area contributed by atoms with Crippen molar-refractivity contribution in [2.45, 2.75) is 0 Å². The summed E-state index contributed by atoms with van der Waals surface area (Å²) < 4.78 is 31.2. The molecule has 14 heavy (non-hydrogen) atoms. The van der Waals surface area contributed by atoms with Crippen molar-refractivity contribution >= 4 is 16.1 Å². The maximum Gasteiger partial charge on any atom is 0.280 e. The lowest BCUT2D eigenvalue weighted by Crippen LogP contribution is -2.48. The van der Waals surface area contributed by atoms with E-state index in [-0.39, 0.29) is 6.54 Å². The lowest BCUT2D eigenvalue weighted by Gasteiger charge is -2.25. The standard InChI is InChI=1S/C6H13N3O4S/c7-6(10)5-8-14(11,12)9-1-3-13-4-2-9/h8H,1-5H2,(H2,7,10). The zero-order valence-electron chi connectivity index (χ0n) is 7.60. The molecule has 1 saturated heterocycles. The van der Waals surface area contributed by atoms with E-state index in [1.807, 2.05) is 0 Å². The van der Waals surface area contributed by atoms with Crippen molar-refractivity contribution in [3.8, 4) is 0 Å². The second-order valence-electron chi connectivity index (χ2n) is 2.80. The third-order valence-electron chi connectivity index (χ3n) is 1.74. The summed E-state index contributed by atoms with van der Waals surface area (Å²) in [5.74, 6) is -0.707. The van der Waals surface area contributed by atoms with E-state index in [1.165, 1.54) is 4.31 Å². The smallest absolute Gasteiger partial charge is 0.280 e. The Morgan fingerprint density at radius 1 is 1.43 bits per heavy atom. The van der Waals surface area contributed by atoms with Gasteiger partial charge in [-0.05, 0) is 0 Å². The van der Waals surface area contributed by atoms with Gasteiger partial charge in [-0.3, -0.25) is 4.79 Å². The molecule has 82 valence electrons. The number of primary amides is 1. The van der Waals surface area contributed by atoms with Gasteiger partial charge in [0.15, 0.2) is 0 Å². The molecule has 0 aromatic heterocycles. The highest BCUT2D eigenvalue weighted by Gasteiger charge is 2.23. The van der Waals surface area contributed by atoms with Crippen LogP contribution in [0.1, 0.15) is 0 Å². The Bertz CT molecular complexity index is 296. The Hall–Kier alpha value is -0.700. The highest BCUT2D eigenvalue weighted by atomic mass is 32.2. The minimum Gasteiger partial charge on any atom is -0.379 e. The minimum absolute atomic E-state index is 0.300. The van der Waals surface area contributed by atoms with Crippen LogP contribution >= 0.6 is 0 Å². The number of ether oxygens (including phenoxy) is 1. The van der Waals surface area contributed by atoms with E-state index in [0.29, 0.717) is 26.3 Å². The molecule has 1 heterocycles. The van der Waals surface area contributed by atoms with Gasteiger partial charge < -0.3 is 10.5 Å². The molecule has 0 aromatic rings. The van der Waals surface area contributed by atoms with Gasteiger partial charge in [0.1, 0.15) is 0 Å². The normalized spacial score (nSPS) is 19.4. The number of amides is 1. The van der Waals surface area contributed by atoms with Gasteiger partial charge in [0, 0.05) is 13.1 Å². The lowest BCUT2D eigenvalue weighted by molar-refractivity contribution is -0.116. The molecule has 0 unspecified atom stereocenters. The van der Waals surface area contributed by atoms with Gasteiger partial charge in [0.25, 0.3) is 10.2 Å². The Balaban J connectivity index is 2.50. The molecule has 0 radical (unpaired) electrons. The quantitative estimate of drug-likeness (QED) is 0.556. The first kappa shape index (κ1) is 11.4. The van der Waals surface area contributed by atoms with Gasteiger partial charge in [-0.2, -0.15) is 17.4 Å². The van der Waals surface area contributed by atoms with Crippen LogP contribution in [0.3, 0.4) is 0 Å². The number of hydrogen-bond donors (Lipinski definition) is 2. The van der Waals surface area contributed by atoms with Gasteiger partial charge >= 0.3 is 0 Å². The first-order valence-corrected chi connectivity index (χ1v) is 5.57. The Kier molecular flexibility index (Phi) is 3.81. The molecule has 1 fully saturated rings. The van der Waals surface area contributed by atoms with Crippen molar-refractivity contribution in [3.05, 3.63) is 0 Å². The van der Waals surface area contributed by atoms with E-state index < -0.39 is 16.1 Å². The topological polar surface area (TPSA) is 102 Å². The van der Waals surface area contributed by atoms with Crippen LogP contribution in [-0.2, 0) is 19.7 Å². The van der Waals surface area contributed by atoms with Gasteiger partial charge in [0.2, 0.25) is 5.91 Å². The van der Waals surface area contributed by atoms with E-state index in [2.05, 4.69) is 4.72 Å². The molecule has 0 aromatic carbocycles. The van der Waals surface area contributed by atoms with Crippen molar-refractivity contribution in [1.29, 1.82) is 0 Å². The number of nitrogens with one attached hydrogen (secondary N) is 1. The predicted octanol–water partition coefficient (Wildman–Crippen LogP) is -2.36. The zero-order chi connectivity index (χ0) is 10.6. The van der Waals surface area contributed by atoms with Crippen LogP contribution in [0.5, 0.6) is 0 Å². The molecule has 8 heteroatoms. The second kappa shape index (κ2) is 4.69. The van der Waals surface area contributed by atoms with Crippen LogP contribution in [-0.4, -0.2) is 51.5 Å². The molecule has 3 N–H and O–H groups in total. The third-order valence-corrected chi connectivity index (χ3v) is 3.29. The molecule has 0 aliphatic carbocycles. The average Bonchev–Trinajstić information content (AvgIpc) is 2.16. The Morgan fingerprint density at radius 2 is 2.00 bits per heavy atom. The first-order chi connectivity index (χ1) is 6.52. The fourth-order valence-corrected chi connectivity index (χ4v) is 2.18. The third kappa shape index (κ3) is 3.22. The summed E-state index contributed by atoms with van der Waals surface area (Å²) >= 11 is 0. The summed E-state index contributed by atoms with van der Waals surface area (Å²) in [5.41, 5.74) is 4.82. The maximum atomic E-state index is 11.4. The number of morpholine rings is 1. The summed E-state index contributed by atoms with van der Waals surface area (Å²) in [6.45, 7) is 0.969. The summed E-state index contributed by atoms with van der Waals surface area (Å²) in [5, 5.41) is 0. The van der Waals surface area contributed by atoms with Gasteiger partial charge in [0.05, 0.1) is 19.8 Å². The van der Waals surface area contributed by atoms with Crippen LogP contribution in [0, 0.1) is 0 Å². The van der Waals surface area contributed by atoms with E-state index >= 15 is 0 Å². The largest absolute Gasteiger partial charge is 0.379 e. The van der Waals surface area contributed by atoms with Crippen molar-refractivity contribution in [3.63, 3.8) is 0 Å². The Labute approximate surface area is 82.4 Å². The average molecular weight is 223 g/mol. The van der Waals surface area contributed by atoms with E-state index in [9.17, 15) is 13.2 Å². The Morgan fingerprint density at radius 3 is 2.50 bits per heavy atom. The molecule has 1 amide bonds. The van der Waals surface area contributed by atoms with Crippen LogP contribution in [0.15, 0.2) is 0 Å². The molecule has 0 spiro atoms. The summed E-state index contributed by atoms with van der Waals surface area (Å²) in [6, 6.07) is 0. The van der Waals surface area contributed by atoms with Gasteiger partial charge in [-0.1, -0.05) is 0 Å². The number of carbonyl (C=O) groups is 1. The monoisotopic (exact) mass is 223 g/mol. The molecule has 1 aliphatic heterocycles. The fraction of sp³-hybridized carbons (Fsp3) is 0.833. The number of carbonyl (C=O) groups excluding carboxylic acids is 1. The van der Waals surface area contributed by atoms with Crippen LogP contribution in [0.2, 0.25) is 0 Å². The van der Waals surface area contributed by atoms with Gasteiger partial charge in [-0.15, -0.1) is 0 Å². The molecule has 1 aliphatic rings. The van der Waals surface area contributed by atoms with E-state index in [0.717, 1.165) is 0 Å². The summed E-state index contributed by atoms with van der Waals surface area (Å²) in [6.07, 6.45) is 0. The van der Waals surface area contributed by atoms with Crippen LogP contribution in [0.25, 0.3) is 0 Å². The summed E-state index contributed by atoms with van der Waals surface area (Å²) in [4.78, 5) is 10.4. The number of hydrogen-bond acceptors (Lipinski definition) is 4. The molecule has 7 nitrogen and oxygen atoms in total. The molecule has 0 atom stereocenters. The number of nitrogens with two attached hydrogens (primary N) is 1. The maximum absolute atomic E-state index is 11.4. The molecule has 1 rings (SSSR count). The summed E-state index contributed by atoms with van der Waals surface area (Å²) in [7, 11) is -3.58. The predicted molar refractivity (Wildman–Crippen MR) is 48.5 cm³/mol. The fourth-order valence-electron chi connectivity index (χ4n) is 1.04.